The molecular weight excluding hydrogens is 210 g/mol. The van der Waals surface area contributed by atoms with E-state index in [2.05, 4.69) is 36.1 Å². The fourth-order valence-corrected chi connectivity index (χ4v) is 1.95. The number of hydrogen-bond donors (Lipinski definition) is 0. The molecule has 1 unspecified atom stereocenters. The molecule has 0 heterocycles. The van der Waals surface area contributed by atoms with Crippen LogP contribution in [-0.2, 0) is 4.79 Å². The summed E-state index contributed by atoms with van der Waals surface area (Å²) in [5.74, 6) is 0.0674. The molecule has 0 fully saturated rings. The number of aldehydes is 1. The maximum atomic E-state index is 11.1. The van der Waals surface area contributed by atoms with Crippen molar-refractivity contribution >= 4 is 12.0 Å². The van der Waals surface area contributed by atoms with E-state index in [0.29, 0.717) is 0 Å². The maximum absolute atomic E-state index is 11.1. The van der Waals surface area contributed by atoms with Gasteiger partial charge in [0.1, 0.15) is 6.29 Å². The second-order valence-corrected chi connectivity index (χ2v) is 4.72. The largest absolute Gasteiger partial charge is 0.378 e. The predicted octanol–water partition coefficient (Wildman–Crippen LogP) is 3.62. The summed E-state index contributed by atoms with van der Waals surface area (Å²) >= 11 is 0. The van der Waals surface area contributed by atoms with Crippen molar-refractivity contribution in [3.05, 3.63) is 29.8 Å². The van der Waals surface area contributed by atoms with Gasteiger partial charge in [-0.2, -0.15) is 0 Å². The van der Waals surface area contributed by atoms with Crippen LogP contribution >= 0.6 is 0 Å². The van der Waals surface area contributed by atoms with Crippen molar-refractivity contribution in [2.45, 2.75) is 38.5 Å². The van der Waals surface area contributed by atoms with E-state index in [-0.39, 0.29) is 5.92 Å². The van der Waals surface area contributed by atoms with Gasteiger partial charge < -0.3 is 9.69 Å². The Hall–Kier alpha value is -1.31. The van der Waals surface area contributed by atoms with Gasteiger partial charge in [-0.05, 0) is 24.1 Å². The van der Waals surface area contributed by atoms with E-state index in [4.69, 9.17) is 0 Å². The summed E-state index contributed by atoms with van der Waals surface area (Å²) in [6.45, 7) is 2.18. The van der Waals surface area contributed by atoms with Gasteiger partial charge in [0.2, 0.25) is 0 Å². The van der Waals surface area contributed by atoms with Gasteiger partial charge >= 0.3 is 0 Å². The first-order valence-corrected chi connectivity index (χ1v) is 6.41. The average molecular weight is 233 g/mol. The molecule has 0 bridgehead atoms. The van der Waals surface area contributed by atoms with E-state index in [0.717, 1.165) is 24.7 Å². The fraction of sp³-hybridized carbons (Fsp3) is 0.533. The Labute approximate surface area is 105 Å². The lowest BCUT2D eigenvalue weighted by atomic mass is 9.94. The van der Waals surface area contributed by atoms with E-state index >= 15 is 0 Å². The molecule has 0 radical (unpaired) electrons. The molecule has 0 amide bonds. The standard InChI is InChI=1S/C15H23NO/c1-4-5-6-7-14(12-17)13-8-10-15(11-9-13)16(2)3/h8-12,14H,4-7H2,1-3H3. The topological polar surface area (TPSA) is 20.3 Å². The molecule has 1 aromatic carbocycles. The highest BCUT2D eigenvalue weighted by Gasteiger charge is 2.09. The summed E-state index contributed by atoms with van der Waals surface area (Å²) in [5, 5.41) is 0. The van der Waals surface area contributed by atoms with E-state index in [1.54, 1.807) is 0 Å². The predicted molar refractivity (Wildman–Crippen MR) is 73.7 cm³/mol. The van der Waals surface area contributed by atoms with Crippen molar-refractivity contribution in [2.24, 2.45) is 0 Å². The second kappa shape index (κ2) is 7.10. The summed E-state index contributed by atoms with van der Waals surface area (Å²) in [5.41, 5.74) is 2.31. The number of unbranched alkanes of at least 4 members (excludes halogenated alkanes) is 2. The Morgan fingerprint density at radius 2 is 1.82 bits per heavy atom. The van der Waals surface area contributed by atoms with Crippen LogP contribution in [0.15, 0.2) is 24.3 Å². The minimum Gasteiger partial charge on any atom is -0.378 e. The number of nitrogens with zero attached hydrogens (tertiary/aromatic N) is 1. The van der Waals surface area contributed by atoms with Crippen molar-refractivity contribution in [1.82, 2.24) is 0 Å². The van der Waals surface area contributed by atoms with Crippen molar-refractivity contribution in [2.75, 3.05) is 19.0 Å². The van der Waals surface area contributed by atoms with Crippen LogP contribution in [0.25, 0.3) is 0 Å². The molecule has 0 saturated heterocycles. The summed E-state index contributed by atoms with van der Waals surface area (Å²) in [4.78, 5) is 13.2. The van der Waals surface area contributed by atoms with Gasteiger partial charge in [-0.25, -0.2) is 0 Å². The molecule has 1 rings (SSSR count). The molecule has 2 heteroatoms. The van der Waals surface area contributed by atoms with Gasteiger partial charge in [0, 0.05) is 25.7 Å². The van der Waals surface area contributed by atoms with Crippen LogP contribution in [0.1, 0.15) is 44.1 Å². The summed E-state index contributed by atoms with van der Waals surface area (Å²) in [6.07, 6.45) is 5.60. The zero-order chi connectivity index (χ0) is 12.7. The van der Waals surface area contributed by atoms with Crippen molar-refractivity contribution in [3.8, 4) is 0 Å². The van der Waals surface area contributed by atoms with E-state index in [1.165, 1.54) is 18.5 Å². The lowest BCUT2D eigenvalue weighted by molar-refractivity contribution is -0.109. The Morgan fingerprint density at radius 1 is 1.18 bits per heavy atom. The lowest BCUT2D eigenvalue weighted by Gasteiger charge is -2.15. The molecule has 0 spiro atoms. The van der Waals surface area contributed by atoms with Gasteiger partial charge in [0.15, 0.2) is 0 Å². The highest BCUT2D eigenvalue weighted by Crippen LogP contribution is 2.22. The van der Waals surface area contributed by atoms with Crippen LogP contribution < -0.4 is 4.90 Å². The van der Waals surface area contributed by atoms with Crippen molar-refractivity contribution in [3.63, 3.8) is 0 Å². The molecule has 1 aromatic rings. The normalized spacial score (nSPS) is 12.2. The van der Waals surface area contributed by atoms with Crippen molar-refractivity contribution in [1.29, 1.82) is 0 Å². The molecule has 0 aliphatic rings. The number of hydrogen-bond acceptors (Lipinski definition) is 2. The van der Waals surface area contributed by atoms with Crippen LogP contribution in [0.2, 0.25) is 0 Å². The van der Waals surface area contributed by atoms with Crippen LogP contribution in [0.5, 0.6) is 0 Å². The van der Waals surface area contributed by atoms with Gasteiger partial charge in [-0.15, -0.1) is 0 Å². The average Bonchev–Trinajstić information content (AvgIpc) is 2.35. The van der Waals surface area contributed by atoms with E-state index in [1.807, 2.05) is 14.1 Å². The van der Waals surface area contributed by atoms with Gasteiger partial charge in [-0.1, -0.05) is 38.3 Å². The fourth-order valence-electron chi connectivity index (χ4n) is 1.95. The van der Waals surface area contributed by atoms with Gasteiger partial charge in [0.05, 0.1) is 0 Å². The summed E-state index contributed by atoms with van der Waals surface area (Å²) in [7, 11) is 4.04. The molecule has 94 valence electrons. The van der Waals surface area contributed by atoms with Crippen LogP contribution in [0.4, 0.5) is 5.69 Å². The van der Waals surface area contributed by atoms with E-state index in [9.17, 15) is 4.79 Å². The first-order chi connectivity index (χ1) is 8.19. The molecule has 2 nitrogen and oxygen atoms in total. The van der Waals surface area contributed by atoms with Gasteiger partial charge in [-0.3, -0.25) is 0 Å². The Morgan fingerprint density at radius 3 is 2.29 bits per heavy atom. The van der Waals surface area contributed by atoms with E-state index < -0.39 is 0 Å². The molecule has 17 heavy (non-hydrogen) atoms. The third-order valence-corrected chi connectivity index (χ3v) is 3.12. The first-order valence-electron chi connectivity index (χ1n) is 6.41. The Balaban J connectivity index is 2.65. The molecule has 0 saturated carbocycles. The molecule has 0 aromatic heterocycles. The van der Waals surface area contributed by atoms with Crippen molar-refractivity contribution < 1.29 is 4.79 Å². The number of carbonyl (C=O) groups is 1. The van der Waals surface area contributed by atoms with Crippen LogP contribution in [0.3, 0.4) is 0 Å². The Kier molecular flexibility index (Phi) is 5.75. The summed E-state index contributed by atoms with van der Waals surface area (Å²) in [6, 6.07) is 8.29. The monoisotopic (exact) mass is 233 g/mol. The highest BCUT2D eigenvalue weighted by molar-refractivity contribution is 5.63. The summed E-state index contributed by atoms with van der Waals surface area (Å²) < 4.78 is 0. The minimum atomic E-state index is 0.0674. The van der Waals surface area contributed by atoms with Crippen LogP contribution in [0, 0.1) is 0 Å². The third-order valence-electron chi connectivity index (χ3n) is 3.12. The Bertz CT molecular complexity index is 329. The molecular formula is C15H23NO. The van der Waals surface area contributed by atoms with Crippen LogP contribution in [-0.4, -0.2) is 20.4 Å². The number of anilines is 1. The third kappa shape index (κ3) is 4.22. The molecule has 1 atom stereocenters. The number of carbonyl (C=O) groups excluding carboxylic acids is 1. The number of benzene rings is 1. The zero-order valence-electron chi connectivity index (χ0n) is 11.1. The minimum absolute atomic E-state index is 0.0674. The highest BCUT2D eigenvalue weighted by atomic mass is 16.1. The van der Waals surface area contributed by atoms with Gasteiger partial charge in [0.25, 0.3) is 0 Å². The number of rotatable bonds is 7. The quantitative estimate of drug-likeness (QED) is 0.529. The second-order valence-electron chi connectivity index (χ2n) is 4.72. The molecule has 0 N–H and O–H groups in total. The SMILES string of the molecule is CCCCCC(C=O)c1ccc(N(C)C)cc1. The smallest absolute Gasteiger partial charge is 0.127 e. The molecule has 0 aliphatic heterocycles. The maximum Gasteiger partial charge on any atom is 0.127 e. The lowest BCUT2D eigenvalue weighted by Crippen LogP contribution is -2.08. The first kappa shape index (κ1) is 13.8. The molecule has 0 aliphatic carbocycles. The zero-order valence-corrected chi connectivity index (χ0v) is 11.1.